The van der Waals surface area contributed by atoms with E-state index >= 15 is 0 Å². The van der Waals surface area contributed by atoms with E-state index in [2.05, 4.69) is 0 Å². The van der Waals surface area contributed by atoms with E-state index in [1.54, 1.807) is 26.0 Å². The maximum Gasteiger partial charge on any atom is 0.303 e. The summed E-state index contributed by atoms with van der Waals surface area (Å²) in [5.41, 5.74) is 6.60. The maximum atomic E-state index is 12.2. The van der Waals surface area contributed by atoms with Gasteiger partial charge in [0.05, 0.1) is 5.56 Å². The van der Waals surface area contributed by atoms with Crippen LogP contribution in [0.5, 0.6) is 5.75 Å². The Hall–Kier alpha value is -2.37. The molecule has 1 atom stereocenters. The normalized spacial score (nSPS) is 11.9. The molecule has 1 aromatic carbocycles. The van der Waals surface area contributed by atoms with Crippen molar-refractivity contribution in [1.29, 1.82) is 0 Å². The molecule has 0 saturated heterocycles. The number of carboxylic acids is 1. The first kappa shape index (κ1) is 16.7. The first-order chi connectivity index (χ1) is 9.70. The van der Waals surface area contributed by atoms with Crippen LogP contribution >= 0.6 is 0 Å². The van der Waals surface area contributed by atoms with Crippen LogP contribution < -0.4 is 5.73 Å². The molecule has 6 nitrogen and oxygen atoms in total. The van der Waals surface area contributed by atoms with Gasteiger partial charge in [0.1, 0.15) is 5.75 Å². The van der Waals surface area contributed by atoms with Crippen molar-refractivity contribution in [2.24, 2.45) is 11.7 Å². The van der Waals surface area contributed by atoms with Crippen LogP contribution in [0.2, 0.25) is 0 Å². The lowest BCUT2D eigenvalue weighted by Crippen LogP contribution is -2.21. The molecular weight excluding hydrogens is 274 g/mol. The SMILES string of the molecule is Cc1cc(C)c(O)c(C(=O)C[C@@H](CC(N)=O)CC(=O)O)c1. The molecule has 1 amide bonds. The number of aryl methyl sites for hydroxylation is 2. The third-order valence-electron chi connectivity index (χ3n) is 3.17. The second kappa shape index (κ2) is 6.88. The number of carbonyl (C=O) groups excluding carboxylic acids is 2. The zero-order valence-corrected chi connectivity index (χ0v) is 12.0. The number of hydrogen-bond donors (Lipinski definition) is 3. The van der Waals surface area contributed by atoms with Crippen molar-refractivity contribution in [2.75, 3.05) is 0 Å². The van der Waals surface area contributed by atoms with Crippen LogP contribution in [-0.2, 0) is 9.59 Å². The first-order valence-electron chi connectivity index (χ1n) is 6.54. The van der Waals surface area contributed by atoms with Crippen molar-refractivity contribution in [2.45, 2.75) is 33.1 Å². The monoisotopic (exact) mass is 293 g/mol. The summed E-state index contributed by atoms with van der Waals surface area (Å²) in [6.07, 6.45) is -0.643. The first-order valence-corrected chi connectivity index (χ1v) is 6.54. The second-order valence-corrected chi connectivity index (χ2v) is 5.24. The number of benzene rings is 1. The van der Waals surface area contributed by atoms with Crippen molar-refractivity contribution in [3.63, 3.8) is 0 Å². The molecule has 0 aliphatic rings. The number of carbonyl (C=O) groups is 3. The van der Waals surface area contributed by atoms with E-state index in [1.165, 1.54) is 0 Å². The minimum Gasteiger partial charge on any atom is -0.507 e. The Kier molecular flexibility index (Phi) is 5.46. The van der Waals surface area contributed by atoms with Crippen LogP contribution in [0.3, 0.4) is 0 Å². The molecule has 1 rings (SSSR count). The van der Waals surface area contributed by atoms with Crippen LogP contribution in [0.15, 0.2) is 12.1 Å². The Morgan fingerprint density at radius 2 is 1.76 bits per heavy atom. The summed E-state index contributed by atoms with van der Waals surface area (Å²) in [7, 11) is 0. The van der Waals surface area contributed by atoms with Gasteiger partial charge in [-0.05, 0) is 37.0 Å². The smallest absolute Gasteiger partial charge is 0.303 e. The van der Waals surface area contributed by atoms with Crippen molar-refractivity contribution in [3.05, 3.63) is 28.8 Å². The van der Waals surface area contributed by atoms with Crippen molar-refractivity contribution >= 4 is 17.7 Å². The summed E-state index contributed by atoms with van der Waals surface area (Å²) in [4.78, 5) is 34.0. The number of phenols is 1. The van der Waals surface area contributed by atoms with Gasteiger partial charge in [-0.2, -0.15) is 0 Å². The molecule has 6 heteroatoms. The number of primary amides is 1. The Balaban J connectivity index is 2.96. The van der Waals surface area contributed by atoms with Gasteiger partial charge >= 0.3 is 5.97 Å². The number of phenolic OH excluding ortho intramolecular Hbond substituents is 1. The molecule has 0 spiro atoms. The van der Waals surface area contributed by atoms with E-state index in [0.29, 0.717) is 5.56 Å². The van der Waals surface area contributed by atoms with E-state index in [0.717, 1.165) is 5.56 Å². The lowest BCUT2D eigenvalue weighted by Gasteiger charge is -2.14. The third-order valence-corrected chi connectivity index (χ3v) is 3.17. The zero-order chi connectivity index (χ0) is 16.2. The molecule has 0 aliphatic carbocycles. The van der Waals surface area contributed by atoms with Crippen LogP contribution in [0, 0.1) is 19.8 Å². The predicted molar refractivity (Wildman–Crippen MR) is 76.1 cm³/mol. The van der Waals surface area contributed by atoms with Crippen LogP contribution in [0.25, 0.3) is 0 Å². The summed E-state index contributed by atoms with van der Waals surface area (Å²) in [6.45, 7) is 3.47. The predicted octanol–water partition coefficient (Wildman–Crippen LogP) is 1.55. The van der Waals surface area contributed by atoms with Gasteiger partial charge in [-0.3, -0.25) is 14.4 Å². The summed E-state index contributed by atoms with van der Waals surface area (Å²) < 4.78 is 0. The third kappa shape index (κ3) is 4.91. The van der Waals surface area contributed by atoms with Gasteiger partial charge in [0.2, 0.25) is 5.91 Å². The lowest BCUT2D eigenvalue weighted by molar-refractivity contribution is -0.138. The number of amides is 1. The fourth-order valence-corrected chi connectivity index (χ4v) is 2.29. The molecule has 1 aromatic rings. The summed E-state index contributed by atoms with van der Waals surface area (Å²) in [5.74, 6) is -2.93. The van der Waals surface area contributed by atoms with Gasteiger partial charge < -0.3 is 15.9 Å². The molecule has 0 saturated carbocycles. The molecule has 0 bridgehead atoms. The van der Waals surface area contributed by atoms with Gasteiger partial charge in [-0.25, -0.2) is 0 Å². The van der Waals surface area contributed by atoms with E-state index in [1.807, 2.05) is 0 Å². The molecule has 0 radical (unpaired) electrons. The molecule has 0 heterocycles. The average Bonchev–Trinajstić information content (AvgIpc) is 2.31. The van der Waals surface area contributed by atoms with Crippen molar-refractivity contribution < 1.29 is 24.6 Å². The fraction of sp³-hybridized carbons (Fsp3) is 0.400. The van der Waals surface area contributed by atoms with Gasteiger partial charge in [0.25, 0.3) is 0 Å². The number of aromatic hydroxyl groups is 1. The highest BCUT2D eigenvalue weighted by Gasteiger charge is 2.22. The largest absolute Gasteiger partial charge is 0.507 e. The van der Waals surface area contributed by atoms with E-state index in [9.17, 15) is 19.5 Å². The number of Topliss-reactive ketones (excluding diaryl/α,β-unsaturated/α-hetero) is 1. The standard InChI is InChI=1S/C15H19NO5/c1-8-3-9(2)15(21)11(4-8)12(17)5-10(6-13(16)18)7-14(19)20/h3-4,10,21H,5-7H2,1-2H3,(H2,16,18)(H,19,20)/t10-/m0/s1. The van der Waals surface area contributed by atoms with Crippen LogP contribution in [0.4, 0.5) is 0 Å². The Morgan fingerprint density at radius 1 is 1.14 bits per heavy atom. The molecule has 0 unspecified atom stereocenters. The molecule has 0 aliphatic heterocycles. The van der Waals surface area contributed by atoms with Crippen LogP contribution in [0.1, 0.15) is 40.7 Å². The number of carboxylic acid groups (broad SMARTS) is 1. The van der Waals surface area contributed by atoms with Gasteiger partial charge in [0, 0.05) is 19.3 Å². The minimum atomic E-state index is -1.10. The van der Waals surface area contributed by atoms with Crippen molar-refractivity contribution in [3.8, 4) is 5.75 Å². The average molecular weight is 293 g/mol. The lowest BCUT2D eigenvalue weighted by atomic mass is 9.91. The highest BCUT2D eigenvalue weighted by Crippen LogP contribution is 2.27. The zero-order valence-electron chi connectivity index (χ0n) is 12.0. The Bertz CT molecular complexity index is 564. The minimum absolute atomic E-state index is 0.112. The Morgan fingerprint density at radius 3 is 2.29 bits per heavy atom. The summed E-state index contributed by atoms with van der Waals surface area (Å²) in [6, 6.07) is 3.29. The van der Waals surface area contributed by atoms with E-state index < -0.39 is 23.6 Å². The van der Waals surface area contributed by atoms with Crippen molar-refractivity contribution in [1.82, 2.24) is 0 Å². The summed E-state index contributed by atoms with van der Waals surface area (Å²) in [5, 5.41) is 18.8. The molecule has 4 N–H and O–H groups in total. The maximum absolute atomic E-state index is 12.2. The number of aliphatic carboxylic acids is 1. The molecule has 0 fully saturated rings. The van der Waals surface area contributed by atoms with Gasteiger partial charge in [-0.15, -0.1) is 0 Å². The topological polar surface area (TPSA) is 118 Å². The van der Waals surface area contributed by atoms with Gasteiger partial charge in [0.15, 0.2) is 5.78 Å². The highest BCUT2D eigenvalue weighted by molar-refractivity contribution is 5.99. The number of hydrogen-bond acceptors (Lipinski definition) is 4. The fourth-order valence-electron chi connectivity index (χ4n) is 2.29. The molecular formula is C15H19NO5. The number of ketones is 1. The highest BCUT2D eigenvalue weighted by atomic mass is 16.4. The number of nitrogens with two attached hydrogens (primary N) is 1. The van der Waals surface area contributed by atoms with E-state index in [-0.39, 0.29) is 30.6 Å². The quantitative estimate of drug-likeness (QED) is 0.659. The Labute approximate surface area is 122 Å². The molecule has 0 aromatic heterocycles. The van der Waals surface area contributed by atoms with Gasteiger partial charge in [-0.1, -0.05) is 6.07 Å². The molecule has 21 heavy (non-hydrogen) atoms. The van der Waals surface area contributed by atoms with Crippen LogP contribution in [-0.4, -0.2) is 27.9 Å². The molecule has 114 valence electrons. The van der Waals surface area contributed by atoms with E-state index in [4.69, 9.17) is 10.8 Å². The second-order valence-electron chi connectivity index (χ2n) is 5.24. The summed E-state index contributed by atoms with van der Waals surface area (Å²) >= 11 is 0. The number of rotatable bonds is 7.